The smallest absolute Gasteiger partial charge is 0.0445 e. The molecular formula is C13H17NS. The maximum absolute atomic E-state index is 3.75. The van der Waals surface area contributed by atoms with Gasteiger partial charge in [-0.15, -0.1) is 0 Å². The molecule has 1 saturated heterocycles. The zero-order valence-electron chi connectivity index (χ0n) is 9.07. The molecule has 0 aromatic heterocycles. The van der Waals surface area contributed by atoms with Gasteiger partial charge in [0.05, 0.1) is 0 Å². The van der Waals surface area contributed by atoms with Crippen molar-refractivity contribution < 1.29 is 0 Å². The number of nitrogens with one attached hydrogen (secondary N) is 1. The Morgan fingerprint density at radius 1 is 1.33 bits per heavy atom. The fraction of sp³-hybridized carbons (Fsp3) is 0.538. The Morgan fingerprint density at radius 2 is 2.20 bits per heavy atom. The zero-order chi connectivity index (χ0) is 10.3. The molecule has 3 unspecified atom stereocenters. The van der Waals surface area contributed by atoms with Gasteiger partial charge >= 0.3 is 0 Å². The quantitative estimate of drug-likeness (QED) is 0.720. The van der Waals surface area contributed by atoms with E-state index in [0.29, 0.717) is 12.1 Å². The number of rotatable bonds is 0. The van der Waals surface area contributed by atoms with Crippen molar-refractivity contribution in [1.82, 2.24) is 5.32 Å². The summed E-state index contributed by atoms with van der Waals surface area (Å²) in [6.45, 7) is 2.29. The van der Waals surface area contributed by atoms with Crippen LogP contribution in [0.25, 0.3) is 0 Å². The van der Waals surface area contributed by atoms with Crippen LogP contribution in [-0.2, 0) is 6.42 Å². The van der Waals surface area contributed by atoms with Gasteiger partial charge in [-0.2, -0.15) is 11.8 Å². The highest BCUT2D eigenvalue weighted by atomic mass is 32.2. The van der Waals surface area contributed by atoms with Crippen LogP contribution in [0.5, 0.6) is 0 Å². The monoisotopic (exact) mass is 219 g/mol. The molecule has 0 bridgehead atoms. The summed E-state index contributed by atoms with van der Waals surface area (Å²) in [5.41, 5.74) is 3.11. The maximum Gasteiger partial charge on any atom is 0.0445 e. The first kappa shape index (κ1) is 9.73. The summed E-state index contributed by atoms with van der Waals surface area (Å²) in [6.07, 6.45) is 2.60. The van der Waals surface area contributed by atoms with E-state index in [1.807, 2.05) is 0 Å². The van der Waals surface area contributed by atoms with Crippen molar-refractivity contribution in [2.45, 2.75) is 37.1 Å². The van der Waals surface area contributed by atoms with Crippen molar-refractivity contribution in [1.29, 1.82) is 0 Å². The lowest BCUT2D eigenvalue weighted by Crippen LogP contribution is -2.44. The summed E-state index contributed by atoms with van der Waals surface area (Å²) in [6, 6.07) is 10.2. The SMILES string of the molecule is CC1CSC2CCc3ccccc3C2N1. The van der Waals surface area contributed by atoms with Crippen molar-refractivity contribution in [2.75, 3.05) is 5.75 Å². The Hall–Kier alpha value is -0.470. The van der Waals surface area contributed by atoms with Crippen LogP contribution >= 0.6 is 11.8 Å². The van der Waals surface area contributed by atoms with E-state index in [0.717, 1.165) is 5.25 Å². The van der Waals surface area contributed by atoms with Crippen LogP contribution in [0, 0.1) is 0 Å². The third kappa shape index (κ3) is 1.70. The van der Waals surface area contributed by atoms with E-state index >= 15 is 0 Å². The van der Waals surface area contributed by atoms with Gasteiger partial charge in [0.1, 0.15) is 0 Å². The predicted molar refractivity (Wildman–Crippen MR) is 66.3 cm³/mol. The van der Waals surface area contributed by atoms with Crippen molar-refractivity contribution in [2.24, 2.45) is 0 Å². The number of fused-ring (bicyclic) bond motifs is 3. The van der Waals surface area contributed by atoms with E-state index in [9.17, 15) is 0 Å². The third-order valence-corrected chi connectivity index (χ3v) is 5.11. The van der Waals surface area contributed by atoms with Crippen LogP contribution in [-0.4, -0.2) is 17.0 Å². The van der Waals surface area contributed by atoms with Gasteiger partial charge in [-0.1, -0.05) is 24.3 Å². The van der Waals surface area contributed by atoms with Gasteiger partial charge in [-0.05, 0) is 30.9 Å². The minimum atomic E-state index is 0.601. The molecule has 1 aliphatic heterocycles. The van der Waals surface area contributed by atoms with Gasteiger partial charge in [0.15, 0.2) is 0 Å². The van der Waals surface area contributed by atoms with Gasteiger partial charge in [0.25, 0.3) is 0 Å². The highest BCUT2D eigenvalue weighted by molar-refractivity contribution is 8.00. The van der Waals surface area contributed by atoms with Crippen LogP contribution in [0.4, 0.5) is 0 Å². The molecule has 0 radical (unpaired) electrons. The summed E-state index contributed by atoms with van der Waals surface area (Å²) >= 11 is 2.16. The lowest BCUT2D eigenvalue weighted by atomic mass is 9.87. The van der Waals surface area contributed by atoms with E-state index in [2.05, 4.69) is 48.3 Å². The molecule has 1 aromatic rings. The first-order valence-corrected chi connectivity index (χ1v) is 6.85. The molecule has 1 heterocycles. The van der Waals surface area contributed by atoms with Gasteiger partial charge in [-0.3, -0.25) is 0 Å². The van der Waals surface area contributed by atoms with Crippen LogP contribution in [0.15, 0.2) is 24.3 Å². The number of benzene rings is 1. The van der Waals surface area contributed by atoms with Crippen LogP contribution < -0.4 is 5.32 Å². The second-order valence-electron chi connectivity index (χ2n) is 4.65. The van der Waals surface area contributed by atoms with Crippen LogP contribution in [0.1, 0.15) is 30.5 Å². The summed E-state index contributed by atoms with van der Waals surface area (Å²) in [5, 5.41) is 4.56. The fourth-order valence-electron chi connectivity index (χ4n) is 2.73. The number of aryl methyl sites for hydroxylation is 1. The van der Waals surface area contributed by atoms with Crippen molar-refractivity contribution in [3.8, 4) is 0 Å². The third-order valence-electron chi connectivity index (χ3n) is 3.48. The largest absolute Gasteiger partial charge is 0.306 e. The van der Waals surface area contributed by atoms with Gasteiger partial charge < -0.3 is 5.32 Å². The normalized spacial score (nSPS) is 34.3. The molecule has 1 aliphatic carbocycles. The average Bonchev–Trinajstić information content (AvgIpc) is 2.29. The summed E-state index contributed by atoms with van der Waals surface area (Å²) in [5.74, 6) is 1.27. The molecule has 3 atom stereocenters. The molecule has 1 aromatic carbocycles. The van der Waals surface area contributed by atoms with Gasteiger partial charge in [0.2, 0.25) is 0 Å². The molecule has 80 valence electrons. The molecule has 2 aliphatic rings. The molecule has 2 heteroatoms. The van der Waals surface area contributed by atoms with Crippen molar-refractivity contribution in [3.63, 3.8) is 0 Å². The molecule has 0 spiro atoms. The average molecular weight is 219 g/mol. The fourth-order valence-corrected chi connectivity index (χ4v) is 4.06. The molecule has 0 saturated carbocycles. The Labute approximate surface area is 95.6 Å². The second-order valence-corrected chi connectivity index (χ2v) is 5.93. The van der Waals surface area contributed by atoms with Crippen LogP contribution in [0.3, 0.4) is 0 Å². The molecule has 1 N–H and O–H groups in total. The Bertz CT molecular complexity index is 363. The summed E-state index contributed by atoms with van der Waals surface area (Å²) in [4.78, 5) is 0. The summed E-state index contributed by atoms with van der Waals surface area (Å²) < 4.78 is 0. The highest BCUT2D eigenvalue weighted by Crippen LogP contribution is 2.39. The lowest BCUT2D eigenvalue weighted by molar-refractivity contribution is 0.420. The Morgan fingerprint density at radius 3 is 3.13 bits per heavy atom. The minimum Gasteiger partial charge on any atom is -0.306 e. The second kappa shape index (κ2) is 3.84. The maximum atomic E-state index is 3.75. The predicted octanol–water partition coefficient (Wildman–Crippen LogP) is 2.77. The van der Waals surface area contributed by atoms with E-state index in [1.54, 1.807) is 11.1 Å². The van der Waals surface area contributed by atoms with E-state index in [4.69, 9.17) is 0 Å². The number of hydrogen-bond acceptors (Lipinski definition) is 2. The Kier molecular flexibility index (Phi) is 2.49. The van der Waals surface area contributed by atoms with Crippen LogP contribution in [0.2, 0.25) is 0 Å². The molecule has 15 heavy (non-hydrogen) atoms. The number of thioether (sulfide) groups is 1. The van der Waals surface area contributed by atoms with E-state index in [-0.39, 0.29) is 0 Å². The highest BCUT2D eigenvalue weighted by Gasteiger charge is 2.33. The zero-order valence-corrected chi connectivity index (χ0v) is 9.89. The number of hydrogen-bond donors (Lipinski definition) is 1. The summed E-state index contributed by atoms with van der Waals surface area (Å²) in [7, 11) is 0. The van der Waals surface area contributed by atoms with E-state index < -0.39 is 0 Å². The lowest BCUT2D eigenvalue weighted by Gasteiger charge is -2.40. The van der Waals surface area contributed by atoms with Crippen molar-refractivity contribution in [3.05, 3.63) is 35.4 Å². The standard InChI is InChI=1S/C13H17NS/c1-9-8-15-12-7-6-10-4-2-3-5-11(10)13(12)14-9/h2-5,9,12-14H,6-8H2,1H3. The van der Waals surface area contributed by atoms with Gasteiger partial charge in [-0.25, -0.2) is 0 Å². The minimum absolute atomic E-state index is 0.601. The first-order chi connectivity index (χ1) is 7.34. The van der Waals surface area contributed by atoms with Crippen molar-refractivity contribution >= 4 is 11.8 Å². The molecule has 0 amide bonds. The topological polar surface area (TPSA) is 12.0 Å². The first-order valence-electron chi connectivity index (χ1n) is 5.80. The molecule has 1 fully saturated rings. The Balaban J connectivity index is 1.96. The van der Waals surface area contributed by atoms with E-state index in [1.165, 1.54) is 18.6 Å². The van der Waals surface area contributed by atoms with Gasteiger partial charge in [0, 0.05) is 23.1 Å². The molecular weight excluding hydrogens is 202 g/mol. The molecule has 3 rings (SSSR count). The molecule has 1 nitrogen and oxygen atoms in total.